The standard InChI is InChI=1S/C39H39N11O4/c1-24(2)41-34-44-31(45-35(48-34)43-28-21-22-40-30(23-28)33(51)53-6)26-17-19-29(20-18-26)50(38(52)54-39(3,4)5)37-47-32(25-13-9-7-10-14-25)46-36(49-37)42-27-15-11-8-12-16-27/h7-24H,1-6H3,(H,42,46,47,49)(H2,40,41,43,44,45,48). The number of ether oxygens (including phenoxy) is 2. The lowest BCUT2D eigenvalue weighted by molar-refractivity contribution is 0.0585. The fraction of sp³-hybridized carbons (Fsp3) is 0.205. The van der Waals surface area contributed by atoms with Crippen LogP contribution < -0.4 is 20.9 Å². The molecule has 15 nitrogen and oxygen atoms in total. The summed E-state index contributed by atoms with van der Waals surface area (Å²) in [6.45, 7) is 9.29. The molecule has 0 fully saturated rings. The van der Waals surface area contributed by atoms with Gasteiger partial charge in [0.1, 0.15) is 11.3 Å². The quantitative estimate of drug-likeness (QED) is 0.109. The monoisotopic (exact) mass is 725 g/mol. The van der Waals surface area contributed by atoms with E-state index in [1.165, 1.54) is 24.3 Å². The van der Waals surface area contributed by atoms with Crippen molar-refractivity contribution >= 4 is 52.9 Å². The highest BCUT2D eigenvalue weighted by molar-refractivity contribution is 5.95. The van der Waals surface area contributed by atoms with Crippen LogP contribution in [0.15, 0.2) is 103 Å². The van der Waals surface area contributed by atoms with Gasteiger partial charge in [-0.2, -0.15) is 29.9 Å². The molecule has 0 atom stereocenters. The number of anilines is 7. The van der Waals surface area contributed by atoms with Gasteiger partial charge in [-0.15, -0.1) is 0 Å². The topological polar surface area (TPSA) is 182 Å². The number of methoxy groups -OCH3 is 1. The smallest absolute Gasteiger partial charge is 0.421 e. The summed E-state index contributed by atoms with van der Waals surface area (Å²) < 4.78 is 10.7. The lowest BCUT2D eigenvalue weighted by atomic mass is 10.2. The third-order valence-corrected chi connectivity index (χ3v) is 7.31. The lowest BCUT2D eigenvalue weighted by Gasteiger charge is -2.26. The van der Waals surface area contributed by atoms with E-state index in [2.05, 4.69) is 45.9 Å². The fourth-order valence-corrected chi connectivity index (χ4v) is 4.99. The van der Waals surface area contributed by atoms with Gasteiger partial charge < -0.3 is 25.4 Å². The molecule has 3 N–H and O–H groups in total. The summed E-state index contributed by atoms with van der Waals surface area (Å²) in [4.78, 5) is 59.4. The Morgan fingerprint density at radius 1 is 0.685 bits per heavy atom. The van der Waals surface area contributed by atoms with E-state index in [9.17, 15) is 9.59 Å². The van der Waals surface area contributed by atoms with Gasteiger partial charge in [-0.05, 0) is 83.1 Å². The van der Waals surface area contributed by atoms with Gasteiger partial charge in [0.15, 0.2) is 11.6 Å². The number of rotatable bonds is 11. The van der Waals surface area contributed by atoms with Gasteiger partial charge in [0.05, 0.1) is 12.8 Å². The summed E-state index contributed by atoms with van der Waals surface area (Å²) in [6, 6.07) is 29.1. The number of pyridine rings is 1. The molecule has 0 aliphatic heterocycles. The first-order valence-corrected chi connectivity index (χ1v) is 17.1. The number of carbonyl (C=O) groups is 2. The van der Waals surface area contributed by atoms with Gasteiger partial charge in [0.25, 0.3) is 0 Å². The van der Waals surface area contributed by atoms with Crippen LogP contribution in [0.1, 0.15) is 45.1 Å². The largest absolute Gasteiger partial charge is 0.464 e. The number of benzene rings is 3. The van der Waals surface area contributed by atoms with Crippen LogP contribution in [0.25, 0.3) is 22.8 Å². The van der Waals surface area contributed by atoms with Gasteiger partial charge in [-0.1, -0.05) is 48.5 Å². The van der Waals surface area contributed by atoms with E-state index in [0.29, 0.717) is 34.5 Å². The van der Waals surface area contributed by atoms with Crippen molar-refractivity contribution in [3.05, 3.63) is 109 Å². The number of aromatic nitrogens is 7. The molecule has 0 aliphatic rings. The third-order valence-electron chi connectivity index (χ3n) is 7.31. The van der Waals surface area contributed by atoms with Gasteiger partial charge in [-0.3, -0.25) is 0 Å². The third kappa shape index (κ3) is 9.44. The Hall–Kier alpha value is -7.03. The van der Waals surface area contributed by atoms with Crippen LogP contribution in [-0.2, 0) is 9.47 Å². The first-order valence-electron chi connectivity index (χ1n) is 17.1. The first kappa shape index (κ1) is 36.8. The highest BCUT2D eigenvalue weighted by atomic mass is 16.6. The molecular formula is C39H39N11O4. The van der Waals surface area contributed by atoms with Crippen molar-refractivity contribution in [1.29, 1.82) is 0 Å². The molecule has 0 aliphatic carbocycles. The second kappa shape index (κ2) is 16.1. The van der Waals surface area contributed by atoms with Crippen LogP contribution >= 0.6 is 0 Å². The average molecular weight is 726 g/mol. The van der Waals surface area contributed by atoms with E-state index >= 15 is 0 Å². The Bertz CT molecular complexity index is 2230. The normalized spacial score (nSPS) is 11.1. The molecule has 274 valence electrons. The molecule has 0 saturated carbocycles. The Morgan fingerprint density at radius 3 is 1.93 bits per heavy atom. The van der Waals surface area contributed by atoms with E-state index in [1.54, 1.807) is 51.1 Å². The maximum atomic E-state index is 14.0. The summed E-state index contributed by atoms with van der Waals surface area (Å²) in [7, 11) is 1.29. The molecule has 0 saturated heterocycles. The second-order valence-corrected chi connectivity index (χ2v) is 13.2. The molecule has 3 aromatic carbocycles. The first-order chi connectivity index (χ1) is 25.9. The van der Waals surface area contributed by atoms with Crippen molar-refractivity contribution in [2.45, 2.75) is 46.3 Å². The summed E-state index contributed by atoms with van der Waals surface area (Å²) in [5, 5.41) is 9.58. The molecule has 6 rings (SSSR count). The van der Waals surface area contributed by atoms with E-state index in [-0.39, 0.29) is 29.6 Å². The zero-order valence-corrected chi connectivity index (χ0v) is 30.6. The molecule has 15 heteroatoms. The molecule has 0 bridgehead atoms. The average Bonchev–Trinajstić information content (AvgIpc) is 3.14. The van der Waals surface area contributed by atoms with Crippen LogP contribution in [0, 0.1) is 0 Å². The fourth-order valence-electron chi connectivity index (χ4n) is 4.99. The van der Waals surface area contributed by atoms with Gasteiger partial charge in [-0.25, -0.2) is 19.5 Å². The number of esters is 1. The van der Waals surface area contributed by atoms with Crippen molar-refractivity contribution in [1.82, 2.24) is 34.9 Å². The van der Waals surface area contributed by atoms with E-state index in [4.69, 9.17) is 14.5 Å². The van der Waals surface area contributed by atoms with Gasteiger partial charge in [0, 0.05) is 34.7 Å². The van der Waals surface area contributed by atoms with E-state index in [0.717, 1.165) is 11.3 Å². The number of nitrogens with one attached hydrogen (secondary N) is 3. The van der Waals surface area contributed by atoms with Crippen molar-refractivity contribution in [2.75, 3.05) is 28.0 Å². The minimum absolute atomic E-state index is 0.0205. The molecule has 0 spiro atoms. The summed E-state index contributed by atoms with van der Waals surface area (Å²) in [5.41, 5.74) is 2.36. The van der Waals surface area contributed by atoms with Crippen molar-refractivity contribution in [3.63, 3.8) is 0 Å². The Morgan fingerprint density at radius 2 is 1.28 bits per heavy atom. The van der Waals surface area contributed by atoms with Gasteiger partial charge in [0.2, 0.25) is 23.8 Å². The van der Waals surface area contributed by atoms with Crippen molar-refractivity contribution < 1.29 is 19.1 Å². The van der Waals surface area contributed by atoms with Crippen LogP contribution in [0.2, 0.25) is 0 Å². The summed E-state index contributed by atoms with van der Waals surface area (Å²) in [6.07, 6.45) is 0.791. The number of para-hydroxylation sites is 1. The predicted molar refractivity (Wildman–Crippen MR) is 206 cm³/mol. The molecule has 6 aromatic rings. The minimum Gasteiger partial charge on any atom is -0.464 e. The number of hydrogen-bond acceptors (Lipinski definition) is 14. The van der Waals surface area contributed by atoms with Crippen LogP contribution in [-0.4, -0.2) is 65.7 Å². The van der Waals surface area contributed by atoms with Crippen LogP contribution in [0.3, 0.4) is 0 Å². The van der Waals surface area contributed by atoms with E-state index in [1.807, 2.05) is 74.5 Å². The summed E-state index contributed by atoms with van der Waals surface area (Å²) >= 11 is 0. The van der Waals surface area contributed by atoms with E-state index < -0.39 is 17.7 Å². The molecule has 3 aromatic heterocycles. The maximum absolute atomic E-state index is 14.0. The SMILES string of the molecule is COC(=O)c1cc(Nc2nc(NC(C)C)nc(-c3ccc(N(C(=O)OC(C)(C)C)c4nc(Nc5ccccc5)nc(-c5ccccc5)n4)cc3)n2)ccn1. The Balaban J connectivity index is 1.40. The Kier molecular flexibility index (Phi) is 11.0. The number of nitrogens with zero attached hydrogens (tertiary/aromatic N) is 8. The maximum Gasteiger partial charge on any atom is 0.421 e. The molecule has 1 amide bonds. The lowest BCUT2D eigenvalue weighted by Crippen LogP contribution is -2.35. The highest BCUT2D eigenvalue weighted by Crippen LogP contribution is 2.31. The van der Waals surface area contributed by atoms with Crippen LogP contribution in [0.4, 0.5) is 45.7 Å². The Labute approximate surface area is 312 Å². The number of hydrogen-bond donors (Lipinski definition) is 3. The molecular weight excluding hydrogens is 687 g/mol. The van der Waals surface area contributed by atoms with Crippen molar-refractivity contribution in [2.24, 2.45) is 0 Å². The number of carbonyl (C=O) groups excluding carboxylic acids is 2. The zero-order valence-electron chi connectivity index (χ0n) is 30.6. The zero-order chi connectivity index (χ0) is 38.2. The van der Waals surface area contributed by atoms with Crippen molar-refractivity contribution in [3.8, 4) is 22.8 Å². The molecule has 54 heavy (non-hydrogen) atoms. The molecule has 0 unspecified atom stereocenters. The summed E-state index contributed by atoms with van der Waals surface area (Å²) in [5.74, 6) is 0.955. The highest BCUT2D eigenvalue weighted by Gasteiger charge is 2.28. The molecule has 0 radical (unpaired) electrons. The predicted octanol–water partition coefficient (Wildman–Crippen LogP) is 7.95. The molecule has 3 heterocycles. The van der Waals surface area contributed by atoms with Crippen LogP contribution in [0.5, 0.6) is 0 Å². The second-order valence-electron chi connectivity index (χ2n) is 13.2. The number of amides is 1. The van der Waals surface area contributed by atoms with Gasteiger partial charge >= 0.3 is 12.1 Å². The minimum atomic E-state index is -0.823.